The van der Waals surface area contributed by atoms with Gasteiger partial charge in [-0.15, -0.1) is 0 Å². The number of nitrogens with one attached hydrogen (secondary N) is 1. The van der Waals surface area contributed by atoms with Crippen LogP contribution >= 0.6 is 0 Å². The highest BCUT2D eigenvalue weighted by atomic mass is 16.5. The van der Waals surface area contributed by atoms with Crippen LogP contribution in [0.25, 0.3) is 0 Å². The quantitative estimate of drug-likeness (QED) is 0.676. The second-order valence-corrected chi connectivity index (χ2v) is 4.54. The minimum atomic E-state index is 0.174. The van der Waals surface area contributed by atoms with Crippen LogP contribution in [0.3, 0.4) is 0 Å². The molecule has 0 aromatic heterocycles. The summed E-state index contributed by atoms with van der Waals surface area (Å²) in [5.74, 6) is 0. The van der Waals surface area contributed by atoms with E-state index in [1.54, 1.807) is 0 Å². The predicted octanol–water partition coefficient (Wildman–Crippen LogP) is 0.633. The first-order valence-corrected chi connectivity index (χ1v) is 5.37. The Morgan fingerprint density at radius 3 is 2.54 bits per heavy atom. The molecule has 2 heterocycles. The van der Waals surface area contributed by atoms with Crippen LogP contribution in [0.5, 0.6) is 0 Å². The Morgan fingerprint density at radius 1 is 1.38 bits per heavy atom. The molecule has 0 aromatic carbocycles. The molecule has 2 aliphatic heterocycles. The highest BCUT2D eigenvalue weighted by Crippen LogP contribution is 2.28. The average Bonchev–Trinajstić information content (AvgIpc) is 2.42. The Balaban J connectivity index is 1.75. The zero-order valence-electron chi connectivity index (χ0n) is 8.33. The van der Waals surface area contributed by atoms with Gasteiger partial charge in [-0.3, -0.25) is 0 Å². The topological polar surface area (TPSA) is 47.3 Å². The highest BCUT2D eigenvalue weighted by molar-refractivity contribution is 4.92. The van der Waals surface area contributed by atoms with Gasteiger partial charge in [0.15, 0.2) is 0 Å². The Kier molecular flexibility index (Phi) is 2.86. The lowest BCUT2D eigenvalue weighted by Crippen LogP contribution is -2.42. The summed E-state index contributed by atoms with van der Waals surface area (Å²) in [5.41, 5.74) is 5.65. The van der Waals surface area contributed by atoms with Crippen LogP contribution in [-0.2, 0) is 4.74 Å². The molecule has 2 fully saturated rings. The second kappa shape index (κ2) is 3.95. The van der Waals surface area contributed by atoms with Gasteiger partial charge in [0, 0.05) is 18.1 Å². The van der Waals surface area contributed by atoms with Crippen molar-refractivity contribution in [1.29, 1.82) is 0 Å². The van der Waals surface area contributed by atoms with Crippen LogP contribution in [0.15, 0.2) is 0 Å². The lowest BCUT2D eigenvalue weighted by Gasteiger charge is -2.29. The van der Waals surface area contributed by atoms with Crippen molar-refractivity contribution in [2.75, 3.05) is 6.61 Å². The molecule has 76 valence electrons. The first kappa shape index (κ1) is 9.44. The summed E-state index contributed by atoms with van der Waals surface area (Å²) in [6.45, 7) is 2.71. The van der Waals surface area contributed by atoms with Crippen molar-refractivity contribution in [2.24, 2.45) is 5.73 Å². The van der Waals surface area contributed by atoms with E-state index >= 15 is 0 Å². The molecule has 3 heteroatoms. The minimum absolute atomic E-state index is 0.174. The van der Waals surface area contributed by atoms with E-state index in [2.05, 4.69) is 5.32 Å². The molecule has 0 amide bonds. The first-order chi connectivity index (χ1) is 6.24. The maximum atomic E-state index is 5.76. The van der Waals surface area contributed by atoms with E-state index in [1.165, 1.54) is 25.7 Å². The summed E-state index contributed by atoms with van der Waals surface area (Å²) in [5, 5.41) is 3.60. The van der Waals surface area contributed by atoms with Crippen molar-refractivity contribution in [3.05, 3.63) is 0 Å². The number of nitrogens with two attached hydrogens (primary N) is 1. The maximum absolute atomic E-state index is 5.76. The third kappa shape index (κ3) is 2.42. The summed E-state index contributed by atoms with van der Waals surface area (Å²) < 4.78 is 5.76. The number of fused-ring (bicyclic) bond motifs is 2. The van der Waals surface area contributed by atoms with Crippen molar-refractivity contribution in [2.45, 2.75) is 56.8 Å². The van der Waals surface area contributed by atoms with Gasteiger partial charge >= 0.3 is 0 Å². The van der Waals surface area contributed by atoms with Gasteiger partial charge < -0.3 is 15.8 Å². The van der Waals surface area contributed by atoms with Crippen LogP contribution < -0.4 is 11.1 Å². The van der Waals surface area contributed by atoms with Gasteiger partial charge in [0.2, 0.25) is 0 Å². The Hall–Kier alpha value is -0.120. The molecule has 3 atom stereocenters. The van der Waals surface area contributed by atoms with Gasteiger partial charge in [0.05, 0.1) is 12.7 Å². The molecule has 3 unspecified atom stereocenters. The fraction of sp³-hybridized carbons (Fsp3) is 1.00. The summed E-state index contributed by atoms with van der Waals surface area (Å²) in [6.07, 6.45) is 5.50. The molecule has 3 N–H and O–H groups in total. The predicted molar refractivity (Wildman–Crippen MR) is 52.6 cm³/mol. The first-order valence-electron chi connectivity index (χ1n) is 5.37. The van der Waals surface area contributed by atoms with E-state index in [0.717, 1.165) is 12.1 Å². The molecule has 0 radical (unpaired) electrons. The molecule has 13 heavy (non-hydrogen) atoms. The zero-order chi connectivity index (χ0) is 9.26. The van der Waals surface area contributed by atoms with Gasteiger partial charge in [-0.2, -0.15) is 0 Å². The average molecular weight is 184 g/mol. The van der Waals surface area contributed by atoms with Crippen LogP contribution in [0.4, 0.5) is 0 Å². The van der Waals surface area contributed by atoms with E-state index < -0.39 is 0 Å². The molecule has 0 saturated carbocycles. The molecule has 0 aromatic rings. The largest absolute Gasteiger partial charge is 0.377 e. The van der Waals surface area contributed by atoms with Gasteiger partial charge in [0.25, 0.3) is 0 Å². The summed E-state index contributed by atoms with van der Waals surface area (Å²) in [7, 11) is 0. The lowest BCUT2D eigenvalue weighted by atomic mass is 10.0. The molecule has 2 aliphatic rings. The number of rotatable bonds is 3. The third-order valence-electron chi connectivity index (χ3n) is 3.02. The number of piperidine rings is 1. The molecule has 0 aliphatic carbocycles. The Bertz CT molecular complexity index is 160. The fourth-order valence-corrected chi connectivity index (χ4v) is 2.43. The lowest BCUT2D eigenvalue weighted by molar-refractivity contribution is 0.0152. The normalized spacial score (nSPS) is 40.6. The van der Waals surface area contributed by atoms with Crippen molar-refractivity contribution in [3.8, 4) is 0 Å². The number of ether oxygens (including phenoxy) is 1. The van der Waals surface area contributed by atoms with Crippen LogP contribution in [-0.4, -0.2) is 30.8 Å². The van der Waals surface area contributed by atoms with E-state index in [-0.39, 0.29) is 6.04 Å². The molecule has 0 spiro atoms. The van der Waals surface area contributed by atoms with E-state index in [4.69, 9.17) is 10.5 Å². The van der Waals surface area contributed by atoms with Crippen molar-refractivity contribution >= 4 is 0 Å². The summed E-state index contributed by atoms with van der Waals surface area (Å²) >= 11 is 0. The Labute approximate surface area is 80.0 Å². The molecule has 2 rings (SSSR count). The smallest absolute Gasteiger partial charge is 0.0618 e. The molecular weight excluding hydrogens is 164 g/mol. The van der Waals surface area contributed by atoms with Crippen LogP contribution in [0.2, 0.25) is 0 Å². The minimum Gasteiger partial charge on any atom is -0.377 e. The maximum Gasteiger partial charge on any atom is 0.0618 e. The third-order valence-corrected chi connectivity index (χ3v) is 3.02. The Morgan fingerprint density at radius 2 is 2.00 bits per heavy atom. The van der Waals surface area contributed by atoms with Gasteiger partial charge in [-0.05, 0) is 32.6 Å². The molecule has 2 saturated heterocycles. The molecular formula is C10H20N2O. The number of hydrogen-bond acceptors (Lipinski definition) is 3. The molecule has 2 bridgehead atoms. The van der Waals surface area contributed by atoms with Gasteiger partial charge in [-0.1, -0.05) is 0 Å². The SMILES string of the molecule is CC(N)COC1CC2CCC(C1)N2. The van der Waals surface area contributed by atoms with Crippen molar-refractivity contribution < 1.29 is 4.74 Å². The van der Waals surface area contributed by atoms with Crippen molar-refractivity contribution in [1.82, 2.24) is 5.32 Å². The monoisotopic (exact) mass is 184 g/mol. The van der Waals surface area contributed by atoms with Crippen LogP contribution in [0.1, 0.15) is 32.6 Å². The summed E-state index contributed by atoms with van der Waals surface area (Å²) in [4.78, 5) is 0. The number of hydrogen-bond donors (Lipinski definition) is 2. The van der Waals surface area contributed by atoms with Gasteiger partial charge in [-0.25, -0.2) is 0 Å². The zero-order valence-corrected chi connectivity index (χ0v) is 8.33. The summed E-state index contributed by atoms with van der Waals surface area (Å²) in [6, 6.07) is 1.61. The van der Waals surface area contributed by atoms with E-state index in [1.807, 2.05) is 6.92 Å². The van der Waals surface area contributed by atoms with Crippen molar-refractivity contribution in [3.63, 3.8) is 0 Å². The van der Waals surface area contributed by atoms with E-state index in [0.29, 0.717) is 12.7 Å². The second-order valence-electron chi connectivity index (χ2n) is 4.54. The highest BCUT2D eigenvalue weighted by Gasteiger charge is 2.33. The molecule has 3 nitrogen and oxygen atoms in total. The van der Waals surface area contributed by atoms with Gasteiger partial charge in [0.1, 0.15) is 0 Å². The van der Waals surface area contributed by atoms with Crippen LogP contribution in [0, 0.1) is 0 Å². The fourth-order valence-electron chi connectivity index (χ4n) is 2.43. The standard InChI is InChI=1S/C10H20N2O/c1-7(11)6-13-10-4-8-2-3-9(5-10)12-8/h7-10,12H,2-6,11H2,1H3. The van der Waals surface area contributed by atoms with E-state index in [9.17, 15) is 0 Å².